The molecular weight excluding hydrogens is 204 g/mol. The van der Waals surface area contributed by atoms with Crippen LogP contribution in [0.2, 0.25) is 0 Å². The highest BCUT2D eigenvalue weighted by Crippen LogP contribution is 2.39. The Morgan fingerprint density at radius 3 is 2.81 bits per heavy atom. The number of hydrogen-bond donors (Lipinski definition) is 1. The molecule has 1 aliphatic heterocycles. The first kappa shape index (κ1) is 11.8. The number of rotatable bonds is 6. The topological polar surface area (TPSA) is 54.3 Å². The lowest BCUT2D eigenvalue weighted by atomic mass is 9.96. The quantitative estimate of drug-likeness (QED) is 0.733. The average Bonchev–Trinajstić information content (AvgIpc) is 3.04. The lowest BCUT2D eigenvalue weighted by Crippen LogP contribution is -2.48. The molecule has 1 heterocycles. The summed E-state index contributed by atoms with van der Waals surface area (Å²) in [5, 5.41) is 12.4. The lowest BCUT2D eigenvalue weighted by molar-refractivity contribution is 0.000315. The predicted molar refractivity (Wildman–Crippen MR) is 59.9 cm³/mol. The van der Waals surface area contributed by atoms with Crippen molar-refractivity contribution in [3.05, 3.63) is 0 Å². The Bertz CT molecular complexity index is 267. The second-order valence-electron chi connectivity index (χ2n) is 4.76. The Hall–Kier alpha value is -0.630. The van der Waals surface area contributed by atoms with Gasteiger partial charge in [-0.2, -0.15) is 5.26 Å². The summed E-state index contributed by atoms with van der Waals surface area (Å²) >= 11 is 0. The first-order chi connectivity index (χ1) is 7.80. The van der Waals surface area contributed by atoms with E-state index in [2.05, 4.69) is 11.4 Å². The van der Waals surface area contributed by atoms with E-state index in [1.54, 1.807) is 0 Å². The normalized spacial score (nSPS) is 28.6. The van der Waals surface area contributed by atoms with Crippen molar-refractivity contribution in [2.75, 3.05) is 26.9 Å². The lowest BCUT2D eigenvalue weighted by Gasteiger charge is -2.26. The molecule has 2 rings (SSSR count). The third-order valence-corrected chi connectivity index (χ3v) is 3.58. The van der Waals surface area contributed by atoms with Gasteiger partial charge in [-0.25, -0.2) is 0 Å². The molecule has 1 saturated heterocycles. The van der Waals surface area contributed by atoms with Crippen LogP contribution in [0.25, 0.3) is 0 Å². The number of ether oxygens (including phenoxy) is 2. The SMILES string of the molecule is CNC(C#N)(COCC1CCCO1)C1CC1. The minimum Gasteiger partial charge on any atom is -0.376 e. The van der Waals surface area contributed by atoms with Crippen molar-refractivity contribution in [3.63, 3.8) is 0 Å². The Morgan fingerprint density at radius 2 is 2.31 bits per heavy atom. The van der Waals surface area contributed by atoms with Crippen LogP contribution in [0, 0.1) is 17.2 Å². The van der Waals surface area contributed by atoms with E-state index >= 15 is 0 Å². The van der Waals surface area contributed by atoms with E-state index in [0.29, 0.717) is 19.1 Å². The van der Waals surface area contributed by atoms with Gasteiger partial charge in [-0.05, 0) is 38.6 Å². The Labute approximate surface area is 96.9 Å². The number of hydrogen-bond acceptors (Lipinski definition) is 4. The summed E-state index contributed by atoms with van der Waals surface area (Å²) in [5.41, 5.74) is -0.474. The molecular formula is C12H20N2O2. The van der Waals surface area contributed by atoms with Crippen molar-refractivity contribution in [1.29, 1.82) is 5.26 Å². The van der Waals surface area contributed by atoms with Crippen molar-refractivity contribution >= 4 is 0 Å². The fourth-order valence-corrected chi connectivity index (χ4v) is 2.28. The van der Waals surface area contributed by atoms with Gasteiger partial charge in [0.1, 0.15) is 5.54 Å². The van der Waals surface area contributed by atoms with Gasteiger partial charge < -0.3 is 14.8 Å². The first-order valence-corrected chi connectivity index (χ1v) is 6.10. The molecule has 4 nitrogen and oxygen atoms in total. The average molecular weight is 224 g/mol. The highest BCUT2D eigenvalue weighted by molar-refractivity contribution is 5.14. The maximum Gasteiger partial charge on any atom is 0.132 e. The fraction of sp³-hybridized carbons (Fsp3) is 0.917. The van der Waals surface area contributed by atoms with E-state index in [4.69, 9.17) is 9.47 Å². The molecule has 0 spiro atoms. The van der Waals surface area contributed by atoms with Gasteiger partial charge >= 0.3 is 0 Å². The van der Waals surface area contributed by atoms with Crippen LogP contribution in [0.15, 0.2) is 0 Å². The van der Waals surface area contributed by atoms with Crippen molar-refractivity contribution in [1.82, 2.24) is 5.32 Å². The van der Waals surface area contributed by atoms with Gasteiger partial charge in [0.25, 0.3) is 0 Å². The standard InChI is InChI=1S/C12H20N2O2/c1-14-12(8-13,10-4-5-10)9-15-7-11-3-2-6-16-11/h10-11,14H,2-7,9H2,1H3. The van der Waals surface area contributed by atoms with Crippen molar-refractivity contribution in [2.45, 2.75) is 37.3 Å². The van der Waals surface area contributed by atoms with Crippen LogP contribution in [0.5, 0.6) is 0 Å². The van der Waals surface area contributed by atoms with Crippen molar-refractivity contribution in [3.8, 4) is 6.07 Å². The second kappa shape index (κ2) is 5.13. The predicted octanol–water partition coefficient (Wildman–Crippen LogP) is 1.07. The molecule has 2 atom stereocenters. The number of nitriles is 1. The summed E-state index contributed by atoms with van der Waals surface area (Å²) in [5.74, 6) is 0.465. The minimum absolute atomic E-state index is 0.243. The van der Waals surface area contributed by atoms with E-state index in [9.17, 15) is 5.26 Å². The molecule has 1 aliphatic carbocycles. The summed E-state index contributed by atoms with van der Waals surface area (Å²) in [4.78, 5) is 0. The van der Waals surface area contributed by atoms with Crippen LogP contribution < -0.4 is 5.32 Å². The molecule has 1 saturated carbocycles. The zero-order valence-corrected chi connectivity index (χ0v) is 9.87. The first-order valence-electron chi connectivity index (χ1n) is 6.10. The third-order valence-electron chi connectivity index (χ3n) is 3.58. The summed E-state index contributed by atoms with van der Waals surface area (Å²) in [6, 6.07) is 2.38. The van der Waals surface area contributed by atoms with Crippen LogP contribution in [-0.4, -0.2) is 38.5 Å². The van der Waals surface area contributed by atoms with Crippen LogP contribution in [-0.2, 0) is 9.47 Å². The van der Waals surface area contributed by atoms with Crippen molar-refractivity contribution in [2.24, 2.45) is 5.92 Å². The maximum absolute atomic E-state index is 9.26. The molecule has 2 aliphatic rings. The van der Waals surface area contributed by atoms with Gasteiger partial charge in [-0.15, -0.1) is 0 Å². The van der Waals surface area contributed by atoms with Gasteiger partial charge in [0.2, 0.25) is 0 Å². The molecule has 1 N–H and O–H groups in total. The molecule has 90 valence electrons. The zero-order chi connectivity index (χ0) is 11.4. The Balaban J connectivity index is 1.75. The van der Waals surface area contributed by atoms with Crippen LogP contribution in [0.4, 0.5) is 0 Å². The second-order valence-corrected chi connectivity index (χ2v) is 4.76. The molecule has 0 bridgehead atoms. The van der Waals surface area contributed by atoms with Crippen LogP contribution in [0.3, 0.4) is 0 Å². The Morgan fingerprint density at radius 1 is 1.50 bits per heavy atom. The van der Waals surface area contributed by atoms with E-state index in [1.165, 1.54) is 0 Å². The summed E-state index contributed by atoms with van der Waals surface area (Å²) in [6.07, 6.45) is 4.73. The largest absolute Gasteiger partial charge is 0.376 e. The van der Waals surface area contributed by atoms with Gasteiger partial charge in [0.15, 0.2) is 0 Å². The highest BCUT2D eigenvalue weighted by atomic mass is 16.5. The zero-order valence-electron chi connectivity index (χ0n) is 9.87. The minimum atomic E-state index is -0.474. The molecule has 0 aromatic carbocycles. The molecule has 2 fully saturated rings. The summed E-state index contributed by atoms with van der Waals surface area (Å²) < 4.78 is 11.1. The van der Waals surface area contributed by atoms with Crippen LogP contribution in [0.1, 0.15) is 25.7 Å². The van der Waals surface area contributed by atoms with Crippen LogP contribution >= 0.6 is 0 Å². The summed E-state index contributed by atoms with van der Waals surface area (Å²) in [6.45, 7) is 1.95. The van der Waals surface area contributed by atoms with Crippen molar-refractivity contribution < 1.29 is 9.47 Å². The number of nitrogens with zero attached hydrogens (tertiary/aromatic N) is 1. The molecule has 0 amide bonds. The fourth-order valence-electron chi connectivity index (χ4n) is 2.28. The molecule has 4 heteroatoms. The number of likely N-dealkylation sites (N-methyl/N-ethyl adjacent to an activating group) is 1. The molecule has 0 aromatic heterocycles. The number of nitrogens with one attached hydrogen (secondary N) is 1. The molecule has 0 radical (unpaired) electrons. The molecule has 2 unspecified atom stereocenters. The highest BCUT2D eigenvalue weighted by Gasteiger charge is 2.45. The third kappa shape index (κ3) is 2.54. The van der Waals surface area contributed by atoms with E-state index in [0.717, 1.165) is 32.3 Å². The van der Waals surface area contributed by atoms with E-state index in [-0.39, 0.29) is 6.10 Å². The monoisotopic (exact) mass is 224 g/mol. The van der Waals surface area contributed by atoms with Gasteiger partial charge in [-0.1, -0.05) is 0 Å². The van der Waals surface area contributed by atoms with Gasteiger partial charge in [-0.3, -0.25) is 0 Å². The Kier molecular flexibility index (Phi) is 3.80. The van der Waals surface area contributed by atoms with Gasteiger partial charge in [0.05, 0.1) is 25.4 Å². The summed E-state index contributed by atoms with van der Waals surface area (Å²) in [7, 11) is 1.84. The molecule has 16 heavy (non-hydrogen) atoms. The smallest absolute Gasteiger partial charge is 0.132 e. The molecule has 0 aromatic rings. The van der Waals surface area contributed by atoms with E-state index in [1.807, 2.05) is 7.05 Å². The van der Waals surface area contributed by atoms with E-state index < -0.39 is 5.54 Å². The maximum atomic E-state index is 9.26. The van der Waals surface area contributed by atoms with Gasteiger partial charge in [0, 0.05) is 6.61 Å².